The third kappa shape index (κ3) is 5.08. The van der Waals surface area contributed by atoms with Crippen LogP contribution in [0.5, 0.6) is 0 Å². The van der Waals surface area contributed by atoms with Gasteiger partial charge in [-0.15, -0.1) is 0 Å². The number of rotatable bonds is 9. The van der Waals surface area contributed by atoms with Crippen LogP contribution >= 0.6 is 0 Å². The molecule has 1 atom stereocenters. The van der Waals surface area contributed by atoms with Crippen molar-refractivity contribution in [3.63, 3.8) is 0 Å². The molecule has 0 bridgehead atoms. The third-order valence-electron chi connectivity index (χ3n) is 5.65. The topological polar surface area (TPSA) is 45.8 Å². The molecule has 0 spiro atoms. The molecule has 1 aromatic heterocycles. The average Bonchev–Trinajstić information content (AvgIpc) is 3.35. The Kier molecular flexibility index (Phi) is 6.78. The first-order valence-corrected chi connectivity index (χ1v) is 10.3. The Hall–Kier alpha value is -2.14. The van der Waals surface area contributed by atoms with Gasteiger partial charge in [0.1, 0.15) is 11.5 Å². The zero-order valence-corrected chi connectivity index (χ0v) is 17.9. The lowest BCUT2D eigenvalue weighted by Gasteiger charge is -2.27. The fourth-order valence-corrected chi connectivity index (χ4v) is 3.88. The number of benzene rings is 1. The summed E-state index contributed by atoms with van der Waals surface area (Å²) in [5, 5.41) is 11.0. The van der Waals surface area contributed by atoms with Crippen LogP contribution in [0.1, 0.15) is 49.3 Å². The summed E-state index contributed by atoms with van der Waals surface area (Å²) in [6.45, 7) is 16.7. The van der Waals surface area contributed by atoms with E-state index in [4.69, 9.17) is 9.15 Å². The van der Waals surface area contributed by atoms with Crippen LogP contribution in [0.25, 0.3) is 0 Å². The lowest BCUT2D eigenvalue weighted by Crippen LogP contribution is -2.31. The van der Waals surface area contributed by atoms with Crippen LogP contribution in [0.2, 0.25) is 0 Å². The van der Waals surface area contributed by atoms with Crippen molar-refractivity contribution in [1.82, 2.24) is 4.90 Å². The Morgan fingerprint density at radius 2 is 1.79 bits per heavy atom. The molecule has 156 valence electrons. The molecular formula is C25H33NO3. The van der Waals surface area contributed by atoms with E-state index in [1.54, 1.807) is 13.8 Å². The molecule has 1 aliphatic heterocycles. The molecule has 1 unspecified atom stereocenters. The van der Waals surface area contributed by atoms with E-state index in [1.165, 1.54) is 11.1 Å². The Morgan fingerprint density at radius 3 is 2.38 bits per heavy atom. The van der Waals surface area contributed by atoms with Crippen molar-refractivity contribution in [1.29, 1.82) is 0 Å². The zero-order valence-electron chi connectivity index (χ0n) is 17.9. The van der Waals surface area contributed by atoms with Crippen LogP contribution in [-0.4, -0.2) is 29.3 Å². The summed E-state index contributed by atoms with van der Waals surface area (Å²) in [4.78, 5) is 2.35. The van der Waals surface area contributed by atoms with Crippen molar-refractivity contribution in [3.05, 3.63) is 83.3 Å². The Morgan fingerprint density at radius 1 is 1.10 bits per heavy atom. The molecule has 3 rings (SSSR count). The van der Waals surface area contributed by atoms with E-state index in [-0.39, 0.29) is 6.10 Å². The van der Waals surface area contributed by atoms with Crippen LogP contribution in [0, 0.1) is 6.92 Å². The van der Waals surface area contributed by atoms with Crippen LogP contribution in [0.3, 0.4) is 0 Å². The largest absolute Gasteiger partial charge is 0.461 e. The molecule has 0 amide bonds. The van der Waals surface area contributed by atoms with Crippen molar-refractivity contribution in [2.45, 2.75) is 58.4 Å². The van der Waals surface area contributed by atoms with Gasteiger partial charge in [-0.25, -0.2) is 0 Å². The van der Waals surface area contributed by atoms with Gasteiger partial charge in [-0.1, -0.05) is 43.0 Å². The van der Waals surface area contributed by atoms with E-state index in [2.05, 4.69) is 49.2 Å². The molecule has 2 aromatic rings. The maximum Gasteiger partial charge on any atom is 0.163 e. The highest BCUT2D eigenvalue weighted by Crippen LogP contribution is 2.36. The SMILES string of the molecule is C=C(C)C(O)(C(=C)C)c1ccc(CN(Cc2ccc(C)cc2)CC2CCCO2)o1. The minimum Gasteiger partial charge on any atom is -0.461 e. The summed E-state index contributed by atoms with van der Waals surface area (Å²) < 4.78 is 11.9. The summed E-state index contributed by atoms with van der Waals surface area (Å²) in [6, 6.07) is 12.4. The van der Waals surface area contributed by atoms with E-state index in [9.17, 15) is 5.11 Å². The molecular weight excluding hydrogens is 362 g/mol. The van der Waals surface area contributed by atoms with Crippen molar-refractivity contribution in [3.8, 4) is 0 Å². The van der Waals surface area contributed by atoms with Crippen molar-refractivity contribution < 1.29 is 14.3 Å². The van der Waals surface area contributed by atoms with Gasteiger partial charge >= 0.3 is 0 Å². The number of hydrogen-bond acceptors (Lipinski definition) is 4. The molecule has 1 saturated heterocycles. The maximum absolute atomic E-state index is 11.0. The second kappa shape index (κ2) is 9.12. The van der Waals surface area contributed by atoms with E-state index in [0.29, 0.717) is 23.5 Å². The smallest absolute Gasteiger partial charge is 0.163 e. The highest BCUT2D eigenvalue weighted by atomic mass is 16.5. The van der Waals surface area contributed by atoms with Crippen LogP contribution < -0.4 is 0 Å². The second-order valence-electron chi connectivity index (χ2n) is 8.33. The summed E-state index contributed by atoms with van der Waals surface area (Å²) in [6.07, 6.45) is 2.48. The monoisotopic (exact) mass is 395 g/mol. The Bertz CT molecular complexity index is 829. The van der Waals surface area contributed by atoms with Crippen molar-refractivity contribution >= 4 is 0 Å². The summed E-state index contributed by atoms with van der Waals surface area (Å²) in [5.74, 6) is 1.28. The van der Waals surface area contributed by atoms with Gasteiger partial charge in [-0.3, -0.25) is 4.90 Å². The number of ether oxygens (including phenoxy) is 1. The Balaban J connectivity index is 1.78. The summed E-state index contributed by atoms with van der Waals surface area (Å²) >= 11 is 0. The molecule has 1 aromatic carbocycles. The molecule has 4 nitrogen and oxygen atoms in total. The van der Waals surface area contributed by atoms with E-state index in [1.807, 2.05) is 12.1 Å². The minimum atomic E-state index is -1.34. The average molecular weight is 396 g/mol. The van der Waals surface area contributed by atoms with E-state index < -0.39 is 5.60 Å². The van der Waals surface area contributed by atoms with E-state index in [0.717, 1.165) is 38.3 Å². The fourth-order valence-electron chi connectivity index (χ4n) is 3.88. The van der Waals surface area contributed by atoms with Gasteiger partial charge in [0.05, 0.1) is 12.6 Å². The number of hydrogen-bond donors (Lipinski definition) is 1. The number of nitrogens with zero attached hydrogens (tertiary/aromatic N) is 1. The van der Waals surface area contributed by atoms with Gasteiger partial charge < -0.3 is 14.3 Å². The first-order chi connectivity index (χ1) is 13.8. The molecule has 2 heterocycles. The molecule has 29 heavy (non-hydrogen) atoms. The van der Waals surface area contributed by atoms with Crippen LogP contribution in [0.15, 0.2) is 65.1 Å². The first kappa shape index (κ1) is 21.6. The van der Waals surface area contributed by atoms with Crippen molar-refractivity contribution in [2.75, 3.05) is 13.2 Å². The quantitative estimate of drug-likeness (QED) is 0.600. The molecule has 0 radical (unpaired) electrons. The van der Waals surface area contributed by atoms with Crippen LogP contribution in [-0.2, 0) is 23.4 Å². The molecule has 1 N–H and O–H groups in total. The highest BCUT2D eigenvalue weighted by molar-refractivity contribution is 5.35. The van der Waals surface area contributed by atoms with Gasteiger partial charge in [0.2, 0.25) is 0 Å². The number of aliphatic hydroxyl groups is 1. The summed E-state index contributed by atoms with van der Waals surface area (Å²) in [5.41, 5.74) is 2.38. The highest BCUT2D eigenvalue weighted by Gasteiger charge is 2.35. The van der Waals surface area contributed by atoms with Crippen LogP contribution in [0.4, 0.5) is 0 Å². The normalized spacial score (nSPS) is 17.1. The lowest BCUT2D eigenvalue weighted by molar-refractivity contribution is 0.0623. The summed E-state index contributed by atoms with van der Waals surface area (Å²) in [7, 11) is 0. The molecule has 0 saturated carbocycles. The first-order valence-electron chi connectivity index (χ1n) is 10.3. The second-order valence-corrected chi connectivity index (χ2v) is 8.33. The lowest BCUT2D eigenvalue weighted by atomic mass is 9.87. The van der Waals surface area contributed by atoms with Gasteiger partial charge in [0.15, 0.2) is 5.60 Å². The predicted octanol–water partition coefficient (Wildman–Crippen LogP) is 5.11. The minimum absolute atomic E-state index is 0.262. The third-order valence-corrected chi connectivity index (χ3v) is 5.65. The van der Waals surface area contributed by atoms with Gasteiger partial charge in [0.25, 0.3) is 0 Å². The molecule has 1 aliphatic rings. The number of aryl methyl sites for hydroxylation is 1. The number of furan rings is 1. The van der Waals surface area contributed by atoms with Gasteiger partial charge in [-0.05, 0) is 62.5 Å². The van der Waals surface area contributed by atoms with Gasteiger partial charge in [-0.2, -0.15) is 0 Å². The Labute approximate surface area is 174 Å². The molecule has 0 aliphatic carbocycles. The predicted molar refractivity (Wildman–Crippen MR) is 116 cm³/mol. The van der Waals surface area contributed by atoms with Gasteiger partial charge in [0, 0.05) is 19.7 Å². The molecule has 1 fully saturated rings. The maximum atomic E-state index is 11.0. The van der Waals surface area contributed by atoms with E-state index >= 15 is 0 Å². The zero-order chi connectivity index (χ0) is 21.0. The molecule has 4 heteroatoms. The van der Waals surface area contributed by atoms with Crippen molar-refractivity contribution in [2.24, 2.45) is 0 Å². The standard InChI is InChI=1S/C25H33NO3/c1-18(2)25(27,19(3)4)24-13-12-23(29-24)17-26(16-22-7-6-14-28-22)15-21-10-8-20(5)9-11-21/h8-13,22,27H,1,3,6-7,14-17H2,2,4-5H3. The fraction of sp³-hybridized carbons (Fsp3) is 0.440.